The Morgan fingerprint density at radius 3 is 2.41 bits per heavy atom. The van der Waals surface area contributed by atoms with Gasteiger partial charge in [-0.25, -0.2) is 23.7 Å². The van der Waals surface area contributed by atoms with Gasteiger partial charge in [-0.1, -0.05) is 13.8 Å². The number of aliphatic hydroxyl groups is 3. The molecule has 4 rings (SSSR count). The Morgan fingerprint density at radius 1 is 1.04 bits per heavy atom. The van der Waals surface area contributed by atoms with Gasteiger partial charge in [0, 0.05) is 37.1 Å². The number of hydrogen-bond donors (Lipinski definition) is 11. The van der Waals surface area contributed by atoms with Crippen LogP contribution in [0.15, 0.2) is 15.0 Å². The Morgan fingerprint density at radius 2 is 1.73 bits per heavy atom. The van der Waals surface area contributed by atoms with Crippen molar-refractivity contribution in [3.63, 3.8) is 0 Å². The second-order valence-corrected chi connectivity index (χ2v) is 18.1. The molecule has 4 heterocycles. The SMILES string of the molecule is CC(C)(COP(=O)(O)OP(=O)(O)OCC1CC(OC2OC(COP(=O)(O)O)C(O)C2O)C(N2C=NC3C(N)=NC=NC32)O1)C(O)C(=O)NCCC(=O)NCCS. The predicted molar refractivity (Wildman–Crippen MR) is 192 cm³/mol. The number of phosphoric ester groups is 3. The minimum Gasteiger partial charge on any atom is -0.387 e. The third-order valence-corrected chi connectivity index (χ3v) is 11.7. The van der Waals surface area contributed by atoms with Crippen molar-refractivity contribution in [3.8, 4) is 0 Å². The van der Waals surface area contributed by atoms with E-state index in [2.05, 4.69) is 47.1 Å². The molecule has 4 aliphatic heterocycles. The number of amides is 2. The lowest BCUT2D eigenvalue weighted by molar-refractivity contribution is -0.212. The molecule has 0 radical (unpaired) electrons. The van der Waals surface area contributed by atoms with Crippen LogP contribution < -0.4 is 16.4 Å². The average molecular weight is 886 g/mol. The van der Waals surface area contributed by atoms with Crippen LogP contribution in [-0.4, -0.2) is 170 Å². The van der Waals surface area contributed by atoms with Crippen LogP contribution in [0.5, 0.6) is 0 Å². The molecule has 0 aromatic heterocycles. The molecule has 0 bridgehead atoms. The molecule has 12 unspecified atom stereocenters. The van der Waals surface area contributed by atoms with Crippen molar-refractivity contribution in [1.29, 1.82) is 0 Å². The van der Waals surface area contributed by atoms with Crippen LogP contribution in [0.4, 0.5) is 0 Å². The number of thiol groups is 1. The average Bonchev–Trinajstić information content (AvgIpc) is 3.79. The molecular formula is C26H46N7O19P3S. The molecule has 2 fully saturated rings. The monoisotopic (exact) mass is 885 g/mol. The number of rotatable bonds is 21. The molecule has 4 aliphatic rings. The Balaban J connectivity index is 1.34. The minimum absolute atomic E-state index is 0.0935. The molecule has 30 heteroatoms. The fraction of sp³-hybridized carbons (Fsp3) is 0.808. The van der Waals surface area contributed by atoms with Gasteiger partial charge >= 0.3 is 23.5 Å². The lowest BCUT2D eigenvalue weighted by Crippen LogP contribution is -2.51. The first kappa shape index (κ1) is 46.7. The summed E-state index contributed by atoms with van der Waals surface area (Å²) >= 11 is 3.97. The van der Waals surface area contributed by atoms with Gasteiger partial charge in [0.2, 0.25) is 11.8 Å². The number of ether oxygens (including phenoxy) is 3. The van der Waals surface area contributed by atoms with E-state index in [1.54, 1.807) is 0 Å². The van der Waals surface area contributed by atoms with Crippen molar-refractivity contribution in [1.82, 2.24) is 15.5 Å². The van der Waals surface area contributed by atoms with E-state index in [1.807, 2.05) is 0 Å². The number of fused-ring (bicyclic) bond motifs is 1. The Hall–Kier alpha value is -1.97. The third-order valence-electron chi connectivity index (χ3n) is 8.45. The van der Waals surface area contributed by atoms with E-state index in [9.17, 15) is 48.4 Å². The number of amidine groups is 1. The molecule has 0 aliphatic carbocycles. The van der Waals surface area contributed by atoms with Crippen LogP contribution >= 0.6 is 36.1 Å². The fourth-order valence-corrected chi connectivity index (χ4v) is 8.26. The summed E-state index contributed by atoms with van der Waals surface area (Å²) in [6.45, 7) is 0.350. The molecule has 0 aromatic carbocycles. The first-order chi connectivity index (χ1) is 26.0. The van der Waals surface area contributed by atoms with E-state index in [4.69, 9.17) is 38.8 Å². The lowest BCUT2D eigenvalue weighted by Gasteiger charge is -2.34. The molecule has 2 saturated heterocycles. The summed E-state index contributed by atoms with van der Waals surface area (Å²) in [6, 6.07) is -0.727. The van der Waals surface area contributed by atoms with E-state index < -0.39 is 116 Å². The van der Waals surface area contributed by atoms with Crippen molar-refractivity contribution < 1.29 is 90.3 Å². The number of hydrogen-bond acceptors (Lipinski definition) is 21. The van der Waals surface area contributed by atoms with Crippen LogP contribution in [0.2, 0.25) is 0 Å². The maximum atomic E-state index is 12.8. The van der Waals surface area contributed by atoms with Gasteiger partial charge in [-0.2, -0.15) is 16.9 Å². The van der Waals surface area contributed by atoms with Gasteiger partial charge in [-0.3, -0.25) is 28.2 Å². The van der Waals surface area contributed by atoms with Crippen molar-refractivity contribution in [2.75, 3.05) is 38.7 Å². The van der Waals surface area contributed by atoms with Crippen molar-refractivity contribution >= 4 is 66.4 Å². The number of phosphoric acid groups is 3. The normalized spacial score (nSPS) is 31.7. The minimum atomic E-state index is -5.41. The number of carbonyl (C=O) groups is 2. The zero-order chi connectivity index (χ0) is 41.6. The van der Waals surface area contributed by atoms with Crippen LogP contribution in [0, 0.1) is 5.41 Å². The number of nitrogens with zero attached hydrogens (tertiary/aromatic N) is 4. The lowest BCUT2D eigenvalue weighted by atomic mass is 9.87. The van der Waals surface area contributed by atoms with Crippen LogP contribution in [0.1, 0.15) is 26.7 Å². The molecule has 11 N–H and O–H groups in total. The summed E-state index contributed by atoms with van der Waals surface area (Å²) in [5, 5.41) is 36.4. The van der Waals surface area contributed by atoms with Gasteiger partial charge in [0.25, 0.3) is 0 Å². The third kappa shape index (κ3) is 13.0. The Labute approximate surface area is 324 Å². The Bertz CT molecular complexity index is 1640. The van der Waals surface area contributed by atoms with E-state index in [-0.39, 0.29) is 31.1 Å². The molecule has 0 spiro atoms. The highest BCUT2D eigenvalue weighted by Crippen LogP contribution is 2.61. The first-order valence-electron chi connectivity index (χ1n) is 16.7. The van der Waals surface area contributed by atoms with E-state index >= 15 is 0 Å². The van der Waals surface area contributed by atoms with Crippen molar-refractivity contribution in [2.24, 2.45) is 26.1 Å². The van der Waals surface area contributed by atoms with Crippen molar-refractivity contribution in [2.45, 2.75) is 88.0 Å². The van der Waals surface area contributed by atoms with Gasteiger partial charge in [-0.05, 0) is 0 Å². The molecular weight excluding hydrogens is 839 g/mol. The summed E-state index contributed by atoms with van der Waals surface area (Å²) in [4.78, 5) is 76.6. The highest BCUT2D eigenvalue weighted by atomic mass is 32.1. The van der Waals surface area contributed by atoms with Gasteiger partial charge in [0.1, 0.15) is 48.7 Å². The number of aliphatic hydroxyl groups excluding tert-OH is 3. The van der Waals surface area contributed by atoms with Crippen LogP contribution in [0.3, 0.4) is 0 Å². The summed E-state index contributed by atoms with van der Waals surface area (Å²) in [5.41, 5.74) is 4.39. The standard InChI is InChI=1S/C26H46N7O19P3S/c1-26(2,20(37)23(38)29-4-3-16(34)28-5-6-56)10-48-55(44,45)52-54(42,43)47-8-13-7-14(24(49-13)33-12-32-17-21(27)30-11-31-22(17)33)50-25-19(36)18(35)15(51-25)9-46-53(39,40)41/h11-15,17-20,22,24-25,35-37,56H,3-10H2,1-2H3,(H,28,34)(H,29,38)(H,42,43)(H,44,45)(H2,27,30,31)(H2,39,40,41). The first-order valence-corrected chi connectivity index (χ1v) is 21.9. The molecule has 2 amide bonds. The van der Waals surface area contributed by atoms with Gasteiger partial charge in [0.15, 0.2) is 18.7 Å². The summed E-state index contributed by atoms with van der Waals surface area (Å²) < 4.78 is 72.5. The number of nitrogens with one attached hydrogen (secondary N) is 2. The molecule has 56 heavy (non-hydrogen) atoms. The highest BCUT2D eigenvalue weighted by Gasteiger charge is 2.51. The molecule has 320 valence electrons. The highest BCUT2D eigenvalue weighted by molar-refractivity contribution is 7.80. The smallest absolute Gasteiger partial charge is 0.387 e. The van der Waals surface area contributed by atoms with E-state index in [1.165, 1.54) is 31.4 Å². The van der Waals surface area contributed by atoms with Crippen LogP contribution in [0.25, 0.3) is 0 Å². The fourth-order valence-electron chi connectivity index (χ4n) is 5.54. The summed E-state index contributed by atoms with van der Waals surface area (Å²) in [7, 11) is -15.8. The van der Waals surface area contributed by atoms with E-state index in [0.29, 0.717) is 12.3 Å². The molecule has 0 aromatic rings. The number of nitrogens with two attached hydrogens (primary N) is 1. The maximum Gasteiger partial charge on any atom is 0.481 e. The summed E-state index contributed by atoms with van der Waals surface area (Å²) in [5.74, 6) is -0.753. The zero-order valence-electron chi connectivity index (χ0n) is 29.8. The molecule has 12 atom stereocenters. The second-order valence-electron chi connectivity index (χ2n) is 13.4. The van der Waals surface area contributed by atoms with Gasteiger partial charge in [-0.15, -0.1) is 0 Å². The largest absolute Gasteiger partial charge is 0.481 e. The van der Waals surface area contributed by atoms with Gasteiger partial charge in [0.05, 0.1) is 32.3 Å². The van der Waals surface area contributed by atoms with Crippen molar-refractivity contribution in [3.05, 3.63) is 0 Å². The molecule has 0 saturated carbocycles. The van der Waals surface area contributed by atoms with E-state index in [0.717, 1.165) is 0 Å². The second kappa shape index (κ2) is 19.4. The molecule has 26 nitrogen and oxygen atoms in total. The Kier molecular flexibility index (Phi) is 16.2. The predicted octanol–water partition coefficient (Wildman–Crippen LogP) is -3.33. The zero-order valence-corrected chi connectivity index (χ0v) is 33.3. The topological polar surface area (TPSA) is 382 Å². The quantitative estimate of drug-likeness (QED) is 0.0397. The number of aliphatic imine (C=N–C) groups is 3. The van der Waals surface area contributed by atoms with Gasteiger partial charge < -0.3 is 70.4 Å². The maximum absolute atomic E-state index is 12.8. The number of carbonyl (C=O) groups excluding carboxylic acids is 2. The summed E-state index contributed by atoms with van der Waals surface area (Å²) in [6.07, 6.45) is -10.3. The van der Waals surface area contributed by atoms with Crippen LogP contribution in [-0.2, 0) is 55.4 Å².